The van der Waals surface area contributed by atoms with E-state index < -0.39 is 0 Å². The third-order valence-electron chi connectivity index (χ3n) is 4.08. The van der Waals surface area contributed by atoms with Crippen LogP contribution in [0.2, 0.25) is 10.0 Å². The molecule has 1 N–H and O–H groups in total. The molecule has 21 heavy (non-hydrogen) atoms. The largest absolute Gasteiger partial charge is 0.343 e. The van der Waals surface area contributed by atoms with Crippen molar-refractivity contribution in [3.8, 4) is 0 Å². The number of likely N-dealkylation sites (tertiary alicyclic amines) is 1. The molecule has 2 heterocycles. The fraction of sp³-hybridized carbons (Fsp3) is 0.467. The van der Waals surface area contributed by atoms with Crippen molar-refractivity contribution in [3.05, 3.63) is 28.0 Å². The number of hydrogen-bond donors (Lipinski definition) is 1. The summed E-state index contributed by atoms with van der Waals surface area (Å²) in [6, 6.07) is 3.60. The van der Waals surface area contributed by atoms with E-state index in [0.29, 0.717) is 22.4 Å². The van der Waals surface area contributed by atoms with E-state index in [1.54, 1.807) is 6.07 Å². The minimum Gasteiger partial charge on any atom is -0.343 e. The number of benzene rings is 1. The maximum absolute atomic E-state index is 11.7. The summed E-state index contributed by atoms with van der Waals surface area (Å²) in [7, 11) is 0. The van der Waals surface area contributed by atoms with E-state index in [0.717, 1.165) is 42.8 Å². The number of hydrogen-bond acceptors (Lipinski definition) is 2. The second-order valence-corrected chi connectivity index (χ2v) is 6.23. The first kappa shape index (κ1) is 14.7. The molecule has 3 rings (SSSR count). The number of imidazole rings is 1. The molecular weight excluding hydrogens is 309 g/mol. The van der Waals surface area contributed by atoms with Gasteiger partial charge in [0.1, 0.15) is 5.82 Å². The van der Waals surface area contributed by atoms with Crippen molar-refractivity contribution in [1.29, 1.82) is 0 Å². The molecule has 1 amide bonds. The second kappa shape index (κ2) is 5.85. The Balaban J connectivity index is 1.78. The second-order valence-electron chi connectivity index (χ2n) is 5.41. The first-order valence-electron chi connectivity index (χ1n) is 7.21. The van der Waals surface area contributed by atoms with Crippen molar-refractivity contribution in [2.24, 2.45) is 0 Å². The van der Waals surface area contributed by atoms with Crippen LogP contribution in [-0.4, -0.2) is 33.9 Å². The van der Waals surface area contributed by atoms with Crippen LogP contribution in [0.4, 0.5) is 0 Å². The molecule has 1 aromatic heterocycles. The molecular formula is C15H17Cl2N3O. The molecule has 0 unspecified atom stereocenters. The lowest BCUT2D eigenvalue weighted by Crippen LogP contribution is -2.37. The van der Waals surface area contributed by atoms with Gasteiger partial charge in [0, 0.05) is 25.4 Å². The van der Waals surface area contributed by atoms with Gasteiger partial charge in [-0.2, -0.15) is 0 Å². The Morgan fingerprint density at radius 2 is 2.00 bits per heavy atom. The maximum Gasteiger partial charge on any atom is 0.222 e. The Kier molecular flexibility index (Phi) is 4.09. The highest BCUT2D eigenvalue weighted by Gasteiger charge is 2.25. The third-order valence-corrected chi connectivity index (χ3v) is 4.80. The molecule has 1 saturated heterocycles. The Morgan fingerprint density at radius 1 is 1.33 bits per heavy atom. The number of aromatic nitrogens is 2. The van der Waals surface area contributed by atoms with Crippen molar-refractivity contribution in [3.63, 3.8) is 0 Å². The number of aromatic amines is 1. The van der Waals surface area contributed by atoms with Gasteiger partial charge in [-0.1, -0.05) is 30.1 Å². The minimum absolute atomic E-state index is 0.233. The zero-order chi connectivity index (χ0) is 15.0. The van der Waals surface area contributed by atoms with Gasteiger partial charge in [-0.05, 0) is 25.0 Å². The maximum atomic E-state index is 11.7. The normalized spacial score (nSPS) is 16.6. The van der Waals surface area contributed by atoms with E-state index in [1.807, 2.05) is 17.9 Å². The highest BCUT2D eigenvalue weighted by molar-refractivity contribution is 6.42. The summed E-state index contributed by atoms with van der Waals surface area (Å²) >= 11 is 12.1. The molecule has 4 nitrogen and oxygen atoms in total. The van der Waals surface area contributed by atoms with Gasteiger partial charge < -0.3 is 9.88 Å². The highest BCUT2D eigenvalue weighted by Crippen LogP contribution is 2.31. The van der Waals surface area contributed by atoms with Crippen LogP contribution in [0.1, 0.15) is 37.9 Å². The predicted octanol–water partition coefficient (Wildman–Crippen LogP) is 3.99. The van der Waals surface area contributed by atoms with Crippen molar-refractivity contribution in [2.75, 3.05) is 13.1 Å². The lowest BCUT2D eigenvalue weighted by molar-refractivity contribution is -0.131. The molecule has 0 bridgehead atoms. The molecule has 112 valence electrons. The number of amides is 1. The summed E-state index contributed by atoms with van der Waals surface area (Å²) in [5.74, 6) is 1.56. The van der Waals surface area contributed by atoms with Crippen LogP contribution in [0.5, 0.6) is 0 Å². The molecule has 0 aliphatic carbocycles. The van der Waals surface area contributed by atoms with Crippen molar-refractivity contribution in [2.45, 2.75) is 32.1 Å². The summed E-state index contributed by atoms with van der Waals surface area (Å²) in [4.78, 5) is 21.6. The number of rotatable bonds is 2. The van der Waals surface area contributed by atoms with E-state index in [2.05, 4.69) is 9.97 Å². The number of piperidine rings is 1. The number of H-pyrrole nitrogens is 1. The van der Waals surface area contributed by atoms with Crippen LogP contribution in [0.3, 0.4) is 0 Å². The molecule has 0 spiro atoms. The van der Waals surface area contributed by atoms with Crippen LogP contribution in [0, 0.1) is 0 Å². The van der Waals surface area contributed by atoms with E-state index >= 15 is 0 Å². The number of carbonyl (C=O) groups excluding carboxylic acids is 1. The Labute approximate surface area is 133 Å². The van der Waals surface area contributed by atoms with E-state index in [4.69, 9.17) is 23.2 Å². The topological polar surface area (TPSA) is 49.0 Å². The molecule has 0 radical (unpaired) electrons. The summed E-state index contributed by atoms with van der Waals surface area (Å²) in [5.41, 5.74) is 1.75. The van der Waals surface area contributed by atoms with Gasteiger partial charge in [0.2, 0.25) is 5.91 Å². The molecule has 0 saturated carbocycles. The SMILES string of the molecule is CCC(=O)N1CCC(c2nc3cc(Cl)c(Cl)cc3[nH]2)CC1. The van der Waals surface area contributed by atoms with E-state index in [9.17, 15) is 4.79 Å². The summed E-state index contributed by atoms with van der Waals surface area (Å²) in [5, 5.41) is 1.05. The first-order valence-corrected chi connectivity index (χ1v) is 7.96. The number of fused-ring (bicyclic) bond motifs is 1. The van der Waals surface area contributed by atoms with Crippen molar-refractivity contribution >= 4 is 40.1 Å². The molecule has 0 atom stereocenters. The van der Waals surface area contributed by atoms with E-state index in [1.165, 1.54) is 0 Å². The Morgan fingerprint density at radius 3 is 2.67 bits per heavy atom. The van der Waals surface area contributed by atoms with Gasteiger partial charge in [-0.15, -0.1) is 0 Å². The minimum atomic E-state index is 0.233. The Bertz CT molecular complexity index is 636. The number of halogens is 2. The summed E-state index contributed by atoms with van der Waals surface area (Å²) in [6.07, 6.45) is 2.45. The van der Waals surface area contributed by atoms with Gasteiger partial charge in [0.15, 0.2) is 0 Å². The van der Waals surface area contributed by atoms with Crippen LogP contribution < -0.4 is 0 Å². The predicted molar refractivity (Wildman–Crippen MR) is 85.0 cm³/mol. The average Bonchev–Trinajstić information content (AvgIpc) is 2.90. The standard InChI is InChI=1S/C15H17Cl2N3O/c1-2-14(21)20-5-3-9(4-6-20)15-18-12-7-10(16)11(17)8-13(12)19-15/h7-9H,2-6H2,1H3,(H,18,19). The molecule has 1 aliphatic rings. The fourth-order valence-corrected chi connectivity index (χ4v) is 3.17. The Hall–Kier alpha value is -1.26. The zero-order valence-corrected chi connectivity index (χ0v) is 13.3. The quantitative estimate of drug-likeness (QED) is 0.907. The van der Waals surface area contributed by atoms with Crippen LogP contribution >= 0.6 is 23.2 Å². The number of carbonyl (C=O) groups is 1. The van der Waals surface area contributed by atoms with Gasteiger partial charge in [0.25, 0.3) is 0 Å². The number of nitrogens with one attached hydrogen (secondary N) is 1. The van der Waals surface area contributed by atoms with Crippen LogP contribution in [0.25, 0.3) is 11.0 Å². The molecule has 6 heteroatoms. The zero-order valence-electron chi connectivity index (χ0n) is 11.8. The van der Waals surface area contributed by atoms with E-state index in [-0.39, 0.29) is 5.91 Å². The molecule has 1 aromatic carbocycles. The number of nitrogens with zero attached hydrogens (tertiary/aromatic N) is 2. The molecule has 2 aromatic rings. The average molecular weight is 326 g/mol. The van der Waals surface area contributed by atoms with Crippen molar-refractivity contribution < 1.29 is 4.79 Å². The van der Waals surface area contributed by atoms with Gasteiger partial charge in [0.05, 0.1) is 21.1 Å². The van der Waals surface area contributed by atoms with Crippen molar-refractivity contribution in [1.82, 2.24) is 14.9 Å². The van der Waals surface area contributed by atoms with Crippen LogP contribution in [-0.2, 0) is 4.79 Å². The van der Waals surface area contributed by atoms with Crippen LogP contribution in [0.15, 0.2) is 12.1 Å². The lowest BCUT2D eigenvalue weighted by Gasteiger charge is -2.30. The first-order chi connectivity index (χ1) is 10.1. The third kappa shape index (κ3) is 2.87. The smallest absolute Gasteiger partial charge is 0.222 e. The fourth-order valence-electron chi connectivity index (χ4n) is 2.84. The monoisotopic (exact) mass is 325 g/mol. The lowest BCUT2D eigenvalue weighted by atomic mass is 9.96. The van der Waals surface area contributed by atoms with Gasteiger partial charge in [-0.25, -0.2) is 4.98 Å². The summed E-state index contributed by atoms with van der Waals surface area (Å²) in [6.45, 7) is 3.51. The van der Waals surface area contributed by atoms with Gasteiger partial charge in [-0.3, -0.25) is 4.79 Å². The highest BCUT2D eigenvalue weighted by atomic mass is 35.5. The molecule has 1 aliphatic heterocycles. The summed E-state index contributed by atoms with van der Waals surface area (Å²) < 4.78 is 0. The van der Waals surface area contributed by atoms with Gasteiger partial charge >= 0.3 is 0 Å². The molecule has 1 fully saturated rings.